The number of carbonyl (C=O) groups excluding carboxylic acids is 1. The number of hydrogen-bond acceptors (Lipinski definition) is 3. The first kappa shape index (κ1) is 23.7. The molecule has 5 nitrogen and oxygen atoms in total. The van der Waals surface area contributed by atoms with Crippen molar-refractivity contribution in [3.63, 3.8) is 0 Å². The van der Waals surface area contributed by atoms with Gasteiger partial charge >= 0.3 is 5.97 Å². The van der Waals surface area contributed by atoms with Gasteiger partial charge in [-0.15, -0.1) is 0 Å². The maximum atomic E-state index is 12.2. The number of benzene rings is 1. The van der Waals surface area contributed by atoms with Gasteiger partial charge in [0.15, 0.2) is 0 Å². The van der Waals surface area contributed by atoms with Crippen LogP contribution in [0, 0.1) is 17.8 Å². The van der Waals surface area contributed by atoms with Crippen molar-refractivity contribution in [2.75, 3.05) is 6.54 Å². The third-order valence-electron chi connectivity index (χ3n) is 5.46. The number of aliphatic carboxylic acids is 1. The number of carbonyl (C=O) groups is 2. The lowest BCUT2D eigenvalue weighted by Gasteiger charge is -2.23. The summed E-state index contributed by atoms with van der Waals surface area (Å²) in [5.41, 5.74) is 0.970. The Morgan fingerprint density at radius 1 is 1.23 bits per heavy atom. The molecule has 0 spiro atoms. The number of rotatable bonds is 11. The fourth-order valence-electron chi connectivity index (χ4n) is 3.55. The fourth-order valence-corrected chi connectivity index (χ4v) is 3.55. The molecule has 1 fully saturated rings. The highest BCUT2D eigenvalue weighted by molar-refractivity contribution is 5.79. The molecule has 0 aliphatic carbocycles. The highest BCUT2D eigenvalue weighted by Crippen LogP contribution is 2.22. The summed E-state index contributed by atoms with van der Waals surface area (Å²) in [6, 6.07) is 9.83. The Labute approximate surface area is 179 Å². The molecule has 1 aromatic rings. The normalized spacial score (nSPS) is 18.3. The Morgan fingerprint density at radius 3 is 2.70 bits per heavy atom. The van der Waals surface area contributed by atoms with Crippen molar-refractivity contribution in [1.29, 1.82) is 0 Å². The molecule has 2 N–H and O–H groups in total. The summed E-state index contributed by atoms with van der Waals surface area (Å²) in [4.78, 5) is 24.6. The van der Waals surface area contributed by atoms with Crippen LogP contribution < -0.4 is 0 Å². The van der Waals surface area contributed by atoms with Gasteiger partial charge in [-0.2, -0.15) is 0 Å². The van der Waals surface area contributed by atoms with Gasteiger partial charge in [0, 0.05) is 31.4 Å². The van der Waals surface area contributed by atoms with Crippen LogP contribution in [0.25, 0.3) is 0 Å². The van der Waals surface area contributed by atoms with Gasteiger partial charge < -0.3 is 15.1 Å². The lowest BCUT2D eigenvalue weighted by molar-refractivity contribution is -0.137. The highest BCUT2D eigenvalue weighted by atomic mass is 16.4. The number of carboxylic acid groups (broad SMARTS) is 1. The first-order chi connectivity index (χ1) is 14.5. The Morgan fingerprint density at radius 2 is 1.97 bits per heavy atom. The first-order valence-electron chi connectivity index (χ1n) is 10.9. The molecule has 2 rings (SSSR count). The van der Waals surface area contributed by atoms with Gasteiger partial charge in [-0.05, 0) is 37.3 Å². The molecule has 1 aromatic carbocycles. The van der Waals surface area contributed by atoms with E-state index in [9.17, 15) is 14.7 Å². The summed E-state index contributed by atoms with van der Waals surface area (Å²) in [5.74, 6) is 5.66. The molecule has 1 saturated heterocycles. The summed E-state index contributed by atoms with van der Waals surface area (Å²) >= 11 is 0. The Bertz CT molecular complexity index is 762. The van der Waals surface area contributed by atoms with Crippen LogP contribution in [0.5, 0.6) is 0 Å². The van der Waals surface area contributed by atoms with E-state index < -0.39 is 12.1 Å². The zero-order valence-electron chi connectivity index (χ0n) is 17.8. The largest absolute Gasteiger partial charge is 0.481 e. The molecule has 1 aliphatic rings. The minimum Gasteiger partial charge on any atom is -0.481 e. The molecule has 5 heteroatoms. The third kappa shape index (κ3) is 8.42. The molecule has 1 amide bonds. The molecule has 30 heavy (non-hydrogen) atoms. The van der Waals surface area contributed by atoms with Gasteiger partial charge in [-0.1, -0.05) is 62.0 Å². The molecule has 1 heterocycles. The van der Waals surface area contributed by atoms with E-state index >= 15 is 0 Å². The van der Waals surface area contributed by atoms with Crippen LogP contribution in [0.4, 0.5) is 0 Å². The predicted octanol–water partition coefficient (Wildman–Crippen LogP) is 4.01. The van der Waals surface area contributed by atoms with Gasteiger partial charge in [0.25, 0.3) is 0 Å². The summed E-state index contributed by atoms with van der Waals surface area (Å²) in [5, 5.41) is 19.1. The van der Waals surface area contributed by atoms with Crippen LogP contribution in [-0.4, -0.2) is 45.7 Å². The number of aliphatic hydroxyl groups is 1. The van der Waals surface area contributed by atoms with Crippen molar-refractivity contribution in [3.05, 3.63) is 48.0 Å². The van der Waals surface area contributed by atoms with E-state index in [0.717, 1.165) is 31.2 Å². The van der Waals surface area contributed by atoms with E-state index in [4.69, 9.17) is 5.11 Å². The van der Waals surface area contributed by atoms with Crippen molar-refractivity contribution >= 4 is 11.9 Å². The topological polar surface area (TPSA) is 77.8 Å². The molecule has 162 valence electrons. The number of likely N-dealkylation sites (tertiary alicyclic amines) is 1. The van der Waals surface area contributed by atoms with Crippen molar-refractivity contribution in [2.45, 2.75) is 70.4 Å². The monoisotopic (exact) mass is 411 g/mol. The van der Waals surface area contributed by atoms with Crippen LogP contribution in [0.2, 0.25) is 0 Å². The van der Waals surface area contributed by atoms with E-state index in [0.29, 0.717) is 25.8 Å². The van der Waals surface area contributed by atoms with Crippen LogP contribution >= 0.6 is 0 Å². The maximum absolute atomic E-state index is 12.2. The van der Waals surface area contributed by atoms with E-state index in [1.54, 1.807) is 6.08 Å². The molecule has 1 aliphatic heterocycles. The van der Waals surface area contributed by atoms with E-state index in [2.05, 4.69) is 11.8 Å². The summed E-state index contributed by atoms with van der Waals surface area (Å²) in [6.45, 7) is 2.67. The minimum atomic E-state index is -0.756. The number of aliphatic hydroxyl groups excluding tert-OH is 1. The number of carboxylic acids is 1. The van der Waals surface area contributed by atoms with E-state index in [1.807, 2.05) is 48.2 Å². The molecular formula is C25H33NO4. The summed E-state index contributed by atoms with van der Waals surface area (Å²) in [6.07, 6.45) is 8.66. The SMILES string of the molecule is C[C@@H](CC#Cc1ccccc1)[C@H](O)C=CC1CCC(=O)N1CCCCCCC(=O)O. The summed E-state index contributed by atoms with van der Waals surface area (Å²) < 4.78 is 0. The molecule has 3 atom stereocenters. The van der Waals surface area contributed by atoms with Crippen LogP contribution in [0.1, 0.15) is 63.9 Å². The van der Waals surface area contributed by atoms with Gasteiger partial charge in [0.1, 0.15) is 0 Å². The average Bonchev–Trinajstić information content (AvgIpc) is 3.08. The molecule has 0 radical (unpaired) electrons. The second-order valence-corrected chi connectivity index (χ2v) is 7.98. The number of amides is 1. The average molecular weight is 412 g/mol. The lowest BCUT2D eigenvalue weighted by atomic mass is 9.99. The predicted molar refractivity (Wildman–Crippen MR) is 118 cm³/mol. The minimum absolute atomic E-state index is 0.0113. The zero-order valence-corrected chi connectivity index (χ0v) is 17.8. The van der Waals surface area contributed by atoms with Gasteiger partial charge in [-0.25, -0.2) is 0 Å². The third-order valence-corrected chi connectivity index (χ3v) is 5.46. The van der Waals surface area contributed by atoms with Gasteiger partial charge in [0.2, 0.25) is 5.91 Å². The number of hydrogen-bond donors (Lipinski definition) is 2. The Balaban J connectivity index is 1.76. The van der Waals surface area contributed by atoms with Crippen LogP contribution in [0.15, 0.2) is 42.5 Å². The Kier molecular flexibility index (Phi) is 10.2. The molecular weight excluding hydrogens is 378 g/mol. The standard InChI is InChI=1S/C25H33NO4/c1-20(10-9-13-21-11-5-4-6-12-21)23(27)17-15-22-16-18-24(28)26(22)19-8-3-2-7-14-25(29)30/h4-6,11-12,15,17,20,22-23,27H,2-3,7-8,10,14,16,18-19H2,1H3,(H,29,30)/t20-,22?,23+/m0/s1. The zero-order chi connectivity index (χ0) is 21.8. The van der Waals surface area contributed by atoms with Crippen LogP contribution in [0.3, 0.4) is 0 Å². The molecule has 1 unspecified atom stereocenters. The van der Waals surface area contributed by atoms with Gasteiger partial charge in [-0.3, -0.25) is 9.59 Å². The Hall–Kier alpha value is -2.58. The molecule has 0 saturated carbocycles. The smallest absolute Gasteiger partial charge is 0.303 e. The lowest BCUT2D eigenvalue weighted by Crippen LogP contribution is -2.33. The number of unbranched alkanes of at least 4 members (excludes halogenated alkanes) is 3. The second kappa shape index (κ2) is 12.9. The highest BCUT2D eigenvalue weighted by Gasteiger charge is 2.28. The van der Waals surface area contributed by atoms with Gasteiger partial charge in [0.05, 0.1) is 12.1 Å². The van der Waals surface area contributed by atoms with E-state index in [-0.39, 0.29) is 24.3 Å². The number of nitrogens with zero attached hydrogens (tertiary/aromatic N) is 1. The van der Waals surface area contributed by atoms with Crippen LogP contribution in [-0.2, 0) is 9.59 Å². The van der Waals surface area contributed by atoms with E-state index in [1.165, 1.54) is 0 Å². The summed E-state index contributed by atoms with van der Waals surface area (Å²) in [7, 11) is 0. The molecule has 0 bridgehead atoms. The first-order valence-corrected chi connectivity index (χ1v) is 10.9. The van der Waals surface area contributed by atoms with Crippen molar-refractivity contribution in [1.82, 2.24) is 4.90 Å². The molecule has 0 aromatic heterocycles. The fraction of sp³-hybridized carbons (Fsp3) is 0.520. The second-order valence-electron chi connectivity index (χ2n) is 7.98. The quantitative estimate of drug-likeness (QED) is 0.328. The van der Waals surface area contributed by atoms with Crippen molar-refractivity contribution in [3.8, 4) is 11.8 Å². The van der Waals surface area contributed by atoms with Crippen molar-refractivity contribution < 1.29 is 19.8 Å². The van der Waals surface area contributed by atoms with Crippen molar-refractivity contribution in [2.24, 2.45) is 5.92 Å². The maximum Gasteiger partial charge on any atom is 0.303 e.